The van der Waals surface area contributed by atoms with E-state index in [-0.39, 0.29) is 12.1 Å². The molecular formula is C17H26N2O3. The summed E-state index contributed by atoms with van der Waals surface area (Å²) in [6.07, 6.45) is 3.14. The first-order valence-corrected chi connectivity index (χ1v) is 8.04. The number of nitrogens with one attached hydrogen (secondary N) is 1. The number of amides is 1. The summed E-state index contributed by atoms with van der Waals surface area (Å²) >= 11 is 0. The molecule has 1 saturated heterocycles. The highest BCUT2D eigenvalue weighted by atomic mass is 16.5. The summed E-state index contributed by atoms with van der Waals surface area (Å²) in [6.45, 7) is 5.73. The molecule has 22 heavy (non-hydrogen) atoms. The second-order valence-electron chi connectivity index (χ2n) is 5.70. The van der Waals surface area contributed by atoms with Gasteiger partial charge < -0.3 is 20.5 Å². The summed E-state index contributed by atoms with van der Waals surface area (Å²) in [5.74, 6) is 0.303. The van der Waals surface area contributed by atoms with Gasteiger partial charge in [0.15, 0.2) is 0 Å². The van der Waals surface area contributed by atoms with E-state index in [9.17, 15) is 4.79 Å². The van der Waals surface area contributed by atoms with E-state index in [1.165, 1.54) is 0 Å². The third-order valence-corrected chi connectivity index (χ3v) is 4.17. The predicted molar refractivity (Wildman–Crippen MR) is 86.1 cm³/mol. The van der Waals surface area contributed by atoms with Crippen LogP contribution >= 0.6 is 0 Å². The Bertz CT molecular complexity index is 471. The minimum Gasteiger partial charge on any atom is -0.486 e. The van der Waals surface area contributed by atoms with Gasteiger partial charge in [0.25, 0.3) is 0 Å². The molecule has 1 fully saturated rings. The van der Waals surface area contributed by atoms with Crippen LogP contribution in [-0.2, 0) is 4.74 Å². The molecule has 5 nitrogen and oxygen atoms in total. The number of carbonyl (C=O) groups is 1. The van der Waals surface area contributed by atoms with Crippen LogP contribution in [0, 0.1) is 0 Å². The smallest absolute Gasteiger partial charge is 0.248 e. The van der Waals surface area contributed by atoms with Crippen molar-refractivity contribution in [2.24, 2.45) is 5.73 Å². The Balaban J connectivity index is 1.99. The van der Waals surface area contributed by atoms with Crippen molar-refractivity contribution in [3.8, 4) is 5.75 Å². The molecule has 1 aromatic carbocycles. The van der Waals surface area contributed by atoms with Gasteiger partial charge >= 0.3 is 0 Å². The van der Waals surface area contributed by atoms with Crippen molar-refractivity contribution < 1.29 is 14.3 Å². The lowest BCUT2D eigenvalue weighted by Gasteiger charge is -2.35. The number of nitrogens with two attached hydrogens (primary N) is 1. The highest BCUT2D eigenvalue weighted by molar-refractivity contribution is 5.92. The van der Waals surface area contributed by atoms with Crippen LogP contribution in [0.5, 0.6) is 5.75 Å². The van der Waals surface area contributed by atoms with Gasteiger partial charge in [-0.25, -0.2) is 0 Å². The van der Waals surface area contributed by atoms with Crippen LogP contribution in [0.1, 0.15) is 43.5 Å². The van der Waals surface area contributed by atoms with Crippen molar-refractivity contribution in [3.63, 3.8) is 0 Å². The summed E-state index contributed by atoms with van der Waals surface area (Å²) in [4.78, 5) is 11.1. The molecule has 2 rings (SSSR count). The fourth-order valence-corrected chi connectivity index (χ4v) is 2.72. The van der Waals surface area contributed by atoms with E-state index in [1.807, 2.05) is 0 Å². The quantitative estimate of drug-likeness (QED) is 0.809. The average molecular weight is 306 g/mol. The van der Waals surface area contributed by atoms with Crippen LogP contribution in [0.25, 0.3) is 0 Å². The topological polar surface area (TPSA) is 73.6 Å². The molecule has 1 heterocycles. The maximum absolute atomic E-state index is 11.1. The van der Waals surface area contributed by atoms with Gasteiger partial charge in [0.05, 0.1) is 6.61 Å². The Labute approximate surface area is 132 Å². The molecule has 5 heteroatoms. The second-order valence-corrected chi connectivity index (χ2v) is 5.70. The molecule has 0 radical (unpaired) electrons. The number of primary amides is 1. The van der Waals surface area contributed by atoms with Gasteiger partial charge in [-0.15, -0.1) is 0 Å². The number of hydrogen-bond acceptors (Lipinski definition) is 4. The molecule has 1 aliphatic heterocycles. The van der Waals surface area contributed by atoms with E-state index >= 15 is 0 Å². The predicted octanol–water partition coefficient (Wildman–Crippen LogP) is 2.10. The van der Waals surface area contributed by atoms with Crippen LogP contribution in [-0.4, -0.2) is 37.3 Å². The summed E-state index contributed by atoms with van der Waals surface area (Å²) in [6, 6.07) is 7.72. The summed E-state index contributed by atoms with van der Waals surface area (Å²) in [5, 5.41) is 3.68. The molecule has 1 aliphatic rings. The van der Waals surface area contributed by atoms with Crippen molar-refractivity contribution in [2.75, 3.05) is 13.2 Å². The molecule has 1 amide bonds. The minimum absolute atomic E-state index is 0.0196. The van der Waals surface area contributed by atoms with Crippen molar-refractivity contribution >= 4 is 5.91 Å². The highest BCUT2D eigenvalue weighted by Gasteiger charge is 2.28. The SMILES string of the molecule is CCC(CC)N[C@@H]1CCOC[C@H]1Oc1ccc(C(N)=O)cc1. The molecule has 0 unspecified atom stereocenters. The zero-order valence-corrected chi connectivity index (χ0v) is 13.4. The van der Waals surface area contributed by atoms with Gasteiger partial charge in [0, 0.05) is 24.3 Å². The molecule has 0 aromatic heterocycles. The standard InChI is InChI=1S/C17H26N2O3/c1-3-13(4-2)19-15-9-10-21-11-16(15)22-14-7-5-12(6-8-14)17(18)20/h5-8,13,15-16,19H,3-4,9-11H2,1-2H3,(H2,18,20)/t15-,16-/m1/s1. The molecule has 0 bridgehead atoms. The number of rotatable bonds is 7. The normalized spacial score (nSPS) is 21.8. The molecule has 2 atom stereocenters. The largest absolute Gasteiger partial charge is 0.486 e. The average Bonchev–Trinajstić information content (AvgIpc) is 2.54. The lowest BCUT2D eigenvalue weighted by atomic mass is 10.0. The summed E-state index contributed by atoms with van der Waals surface area (Å²) < 4.78 is 11.6. The maximum Gasteiger partial charge on any atom is 0.248 e. The fraction of sp³-hybridized carbons (Fsp3) is 0.588. The van der Waals surface area contributed by atoms with Gasteiger partial charge in [-0.2, -0.15) is 0 Å². The summed E-state index contributed by atoms with van der Waals surface area (Å²) in [5.41, 5.74) is 5.73. The molecule has 0 saturated carbocycles. The number of ether oxygens (including phenoxy) is 2. The van der Waals surface area contributed by atoms with Crippen molar-refractivity contribution in [3.05, 3.63) is 29.8 Å². The highest BCUT2D eigenvalue weighted by Crippen LogP contribution is 2.19. The van der Waals surface area contributed by atoms with Crippen LogP contribution in [0.3, 0.4) is 0 Å². The van der Waals surface area contributed by atoms with E-state index in [0.29, 0.717) is 18.2 Å². The zero-order chi connectivity index (χ0) is 15.9. The van der Waals surface area contributed by atoms with Gasteiger partial charge in [-0.3, -0.25) is 4.79 Å². The Kier molecular flexibility index (Phi) is 6.21. The Hall–Kier alpha value is -1.59. The van der Waals surface area contributed by atoms with E-state index in [1.54, 1.807) is 24.3 Å². The first-order chi connectivity index (χ1) is 10.6. The van der Waals surface area contributed by atoms with E-state index in [4.69, 9.17) is 15.2 Å². The van der Waals surface area contributed by atoms with E-state index in [0.717, 1.165) is 31.6 Å². The Morgan fingerprint density at radius 1 is 1.36 bits per heavy atom. The minimum atomic E-state index is -0.430. The zero-order valence-electron chi connectivity index (χ0n) is 13.4. The molecule has 1 aromatic rings. The first-order valence-electron chi connectivity index (χ1n) is 8.04. The van der Waals surface area contributed by atoms with Crippen molar-refractivity contribution in [2.45, 2.75) is 51.3 Å². The second kappa shape index (κ2) is 8.15. The van der Waals surface area contributed by atoms with Crippen molar-refractivity contribution in [1.29, 1.82) is 0 Å². The van der Waals surface area contributed by atoms with Crippen molar-refractivity contribution in [1.82, 2.24) is 5.32 Å². The number of carbonyl (C=O) groups excluding carboxylic acids is 1. The third-order valence-electron chi connectivity index (χ3n) is 4.17. The maximum atomic E-state index is 11.1. The lowest BCUT2D eigenvalue weighted by molar-refractivity contribution is -0.0177. The summed E-state index contributed by atoms with van der Waals surface area (Å²) in [7, 11) is 0. The number of benzene rings is 1. The number of hydrogen-bond donors (Lipinski definition) is 2. The van der Waals surface area contributed by atoms with E-state index < -0.39 is 5.91 Å². The lowest BCUT2D eigenvalue weighted by Crippen LogP contribution is -2.52. The molecule has 0 aliphatic carbocycles. The van der Waals surface area contributed by atoms with Gasteiger partial charge in [0.1, 0.15) is 11.9 Å². The molecule has 0 spiro atoms. The fourth-order valence-electron chi connectivity index (χ4n) is 2.72. The van der Waals surface area contributed by atoms with Gasteiger partial charge in [-0.1, -0.05) is 13.8 Å². The third kappa shape index (κ3) is 4.45. The Morgan fingerprint density at radius 2 is 2.05 bits per heavy atom. The molecule has 122 valence electrons. The van der Waals surface area contributed by atoms with E-state index in [2.05, 4.69) is 19.2 Å². The van der Waals surface area contributed by atoms with Gasteiger partial charge in [0.2, 0.25) is 5.91 Å². The molecular weight excluding hydrogens is 280 g/mol. The molecule has 3 N–H and O–H groups in total. The van der Waals surface area contributed by atoms with Crippen LogP contribution in [0.15, 0.2) is 24.3 Å². The van der Waals surface area contributed by atoms with Crippen LogP contribution in [0.2, 0.25) is 0 Å². The van der Waals surface area contributed by atoms with Crippen LogP contribution < -0.4 is 15.8 Å². The Morgan fingerprint density at radius 3 is 2.64 bits per heavy atom. The monoisotopic (exact) mass is 306 g/mol. The van der Waals surface area contributed by atoms with Crippen LogP contribution in [0.4, 0.5) is 0 Å². The van der Waals surface area contributed by atoms with Gasteiger partial charge in [-0.05, 0) is 43.5 Å². The first kappa shape index (κ1) is 16.8.